The number of unbranched alkanes of at least 4 members (excludes halogenated alkanes) is 64. The van der Waals surface area contributed by atoms with Gasteiger partial charge in [0.05, 0.1) is 25.4 Å². The van der Waals surface area contributed by atoms with Crippen LogP contribution in [0.1, 0.15) is 470 Å². The molecule has 0 radical (unpaired) electrons. The molecule has 0 aromatic heterocycles. The number of aliphatic hydroxyl groups is 2. The van der Waals surface area contributed by atoms with Crippen molar-refractivity contribution in [2.45, 2.75) is 482 Å². The van der Waals surface area contributed by atoms with Crippen molar-refractivity contribution in [2.24, 2.45) is 0 Å². The first-order valence-electron chi connectivity index (χ1n) is 41.8. The number of ether oxygens (including phenoxy) is 1. The van der Waals surface area contributed by atoms with Crippen molar-refractivity contribution >= 4 is 11.9 Å². The first-order valence-corrected chi connectivity index (χ1v) is 41.8. The van der Waals surface area contributed by atoms with Gasteiger partial charge in [0.1, 0.15) is 0 Å². The van der Waals surface area contributed by atoms with Crippen LogP contribution in [0.15, 0.2) is 36.5 Å². The molecular formula is C85H163NO5. The first kappa shape index (κ1) is 89.1. The third kappa shape index (κ3) is 77.0. The zero-order valence-electron chi connectivity index (χ0n) is 61.9. The lowest BCUT2D eigenvalue weighted by Crippen LogP contribution is -2.45. The van der Waals surface area contributed by atoms with Gasteiger partial charge in [-0.1, -0.05) is 410 Å². The summed E-state index contributed by atoms with van der Waals surface area (Å²) in [6.45, 7) is 4.94. The van der Waals surface area contributed by atoms with Crippen molar-refractivity contribution in [3.05, 3.63) is 36.5 Å². The number of hydrogen-bond acceptors (Lipinski definition) is 5. The summed E-state index contributed by atoms with van der Waals surface area (Å²) >= 11 is 0. The van der Waals surface area contributed by atoms with Crippen LogP contribution >= 0.6 is 0 Å². The number of carbonyl (C=O) groups excluding carboxylic acids is 2. The molecule has 0 aromatic rings. The quantitative estimate of drug-likeness (QED) is 0.0320. The largest absolute Gasteiger partial charge is 0.466 e. The Morgan fingerprint density at radius 2 is 0.516 bits per heavy atom. The van der Waals surface area contributed by atoms with E-state index >= 15 is 0 Å². The summed E-state index contributed by atoms with van der Waals surface area (Å²) in [7, 11) is 0. The fraction of sp³-hybridized carbons (Fsp3) is 0.906. The molecule has 0 aliphatic carbocycles. The fourth-order valence-electron chi connectivity index (χ4n) is 13.3. The van der Waals surface area contributed by atoms with E-state index in [1.807, 2.05) is 6.08 Å². The van der Waals surface area contributed by atoms with Gasteiger partial charge in [0.2, 0.25) is 5.91 Å². The van der Waals surface area contributed by atoms with Crippen LogP contribution in [0, 0.1) is 0 Å². The van der Waals surface area contributed by atoms with Gasteiger partial charge in [0.15, 0.2) is 0 Å². The standard InChI is InChI=1S/C85H163NO5/c1-3-5-7-9-11-13-15-17-19-20-21-41-44-47-50-53-57-61-65-69-73-77-83(88)82(81-87)86-84(89)78-74-70-66-62-58-54-51-48-45-42-39-37-35-33-31-29-27-25-23-22-24-26-28-30-32-34-36-38-40-43-46-49-52-56-60-64-68-72-76-80-91-85(90)79-75-71-67-63-59-55-18-16-14-12-10-8-6-4-2/h16,18,22-23,73,77,82-83,87-88H,3-15,17,19-21,24-72,74-76,78-81H2,1-2H3,(H,86,89)/b18-16-,23-22-,77-73+. The van der Waals surface area contributed by atoms with Crippen LogP contribution in [0.3, 0.4) is 0 Å². The average molecular weight is 1280 g/mol. The summed E-state index contributed by atoms with van der Waals surface area (Å²) < 4.78 is 5.50. The average Bonchev–Trinajstić information content (AvgIpc) is 3.66. The molecule has 0 aliphatic rings. The van der Waals surface area contributed by atoms with Gasteiger partial charge < -0.3 is 20.3 Å². The molecule has 0 heterocycles. The minimum Gasteiger partial charge on any atom is -0.466 e. The molecule has 0 saturated carbocycles. The number of allylic oxidation sites excluding steroid dienone is 5. The van der Waals surface area contributed by atoms with E-state index in [1.54, 1.807) is 6.08 Å². The van der Waals surface area contributed by atoms with Gasteiger partial charge in [0.25, 0.3) is 0 Å². The molecule has 91 heavy (non-hydrogen) atoms. The molecule has 0 aliphatic heterocycles. The number of nitrogens with one attached hydrogen (secondary N) is 1. The highest BCUT2D eigenvalue weighted by atomic mass is 16.5. The van der Waals surface area contributed by atoms with Gasteiger partial charge >= 0.3 is 5.97 Å². The van der Waals surface area contributed by atoms with Gasteiger partial charge in [0, 0.05) is 12.8 Å². The minimum absolute atomic E-state index is 0.0144. The zero-order chi connectivity index (χ0) is 65.6. The Labute approximate surface area is 570 Å². The van der Waals surface area contributed by atoms with E-state index < -0.39 is 12.1 Å². The van der Waals surface area contributed by atoms with Crippen molar-refractivity contribution in [3.8, 4) is 0 Å². The van der Waals surface area contributed by atoms with E-state index in [4.69, 9.17) is 4.74 Å². The van der Waals surface area contributed by atoms with Gasteiger partial charge in [-0.3, -0.25) is 9.59 Å². The third-order valence-corrected chi connectivity index (χ3v) is 19.6. The predicted octanol–water partition coefficient (Wildman–Crippen LogP) is 27.8. The highest BCUT2D eigenvalue weighted by Gasteiger charge is 2.18. The smallest absolute Gasteiger partial charge is 0.305 e. The van der Waals surface area contributed by atoms with E-state index in [0.29, 0.717) is 19.4 Å². The van der Waals surface area contributed by atoms with Crippen LogP contribution < -0.4 is 5.32 Å². The summed E-state index contributed by atoms with van der Waals surface area (Å²) in [5.74, 6) is -0.0444. The summed E-state index contributed by atoms with van der Waals surface area (Å²) in [5.41, 5.74) is 0. The highest BCUT2D eigenvalue weighted by molar-refractivity contribution is 5.76. The van der Waals surface area contributed by atoms with E-state index in [9.17, 15) is 19.8 Å². The van der Waals surface area contributed by atoms with E-state index in [-0.39, 0.29) is 18.5 Å². The fourth-order valence-corrected chi connectivity index (χ4v) is 13.3. The van der Waals surface area contributed by atoms with Crippen LogP contribution in [-0.2, 0) is 14.3 Å². The molecule has 6 nitrogen and oxygen atoms in total. The van der Waals surface area contributed by atoms with Crippen LogP contribution in [-0.4, -0.2) is 47.4 Å². The van der Waals surface area contributed by atoms with Crippen LogP contribution in [0.2, 0.25) is 0 Å². The summed E-state index contributed by atoms with van der Waals surface area (Å²) in [4.78, 5) is 24.6. The normalized spacial score (nSPS) is 12.6. The second-order valence-corrected chi connectivity index (χ2v) is 28.8. The lowest BCUT2D eigenvalue weighted by atomic mass is 10.0. The van der Waals surface area contributed by atoms with Crippen LogP contribution in [0.5, 0.6) is 0 Å². The van der Waals surface area contributed by atoms with Crippen molar-refractivity contribution in [3.63, 3.8) is 0 Å². The van der Waals surface area contributed by atoms with E-state index in [1.165, 1.54) is 398 Å². The SMILES string of the molecule is CCCCCCC/C=C\CCCCCCCC(=O)OCCCCCCCCCCCCCCCCCCCC/C=C\CCCCCCCCCCCCCCCCCCCC(=O)NC(CO)C(O)/C=C/CCCCCCCCCCCCCCCCCCCCC. The van der Waals surface area contributed by atoms with Gasteiger partial charge in [-0.2, -0.15) is 0 Å². The molecule has 2 unspecified atom stereocenters. The second-order valence-electron chi connectivity index (χ2n) is 28.8. The molecule has 2 atom stereocenters. The van der Waals surface area contributed by atoms with E-state index in [2.05, 4.69) is 43.5 Å². The Hall–Kier alpha value is -1.92. The number of rotatable bonds is 79. The Morgan fingerprint density at radius 3 is 0.780 bits per heavy atom. The summed E-state index contributed by atoms with van der Waals surface area (Å²) in [6.07, 6.45) is 106. The molecular weight excluding hydrogens is 1110 g/mol. The minimum atomic E-state index is -0.843. The zero-order valence-corrected chi connectivity index (χ0v) is 61.9. The number of amides is 1. The molecule has 1 amide bonds. The summed E-state index contributed by atoms with van der Waals surface area (Å²) in [6, 6.07) is -0.626. The summed E-state index contributed by atoms with van der Waals surface area (Å²) in [5, 5.41) is 23.3. The van der Waals surface area contributed by atoms with Gasteiger partial charge in [-0.05, 0) is 83.5 Å². The molecule has 0 bridgehead atoms. The third-order valence-electron chi connectivity index (χ3n) is 19.6. The number of hydrogen-bond donors (Lipinski definition) is 3. The number of esters is 1. The second kappa shape index (κ2) is 80.5. The van der Waals surface area contributed by atoms with Gasteiger partial charge in [-0.15, -0.1) is 0 Å². The van der Waals surface area contributed by atoms with Crippen molar-refractivity contribution in [1.82, 2.24) is 5.32 Å². The predicted molar refractivity (Wildman–Crippen MR) is 403 cm³/mol. The number of aliphatic hydroxyl groups excluding tert-OH is 2. The van der Waals surface area contributed by atoms with Crippen molar-refractivity contribution in [1.29, 1.82) is 0 Å². The Balaban J connectivity index is 3.35. The lowest BCUT2D eigenvalue weighted by Gasteiger charge is -2.20. The molecule has 6 heteroatoms. The van der Waals surface area contributed by atoms with Crippen LogP contribution in [0.25, 0.3) is 0 Å². The Morgan fingerprint density at radius 1 is 0.297 bits per heavy atom. The Bertz CT molecular complexity index is 1470. The number of carbonyl (C=O) groups is 2. The molecule has 3 N–H and O–H groups in total. The lowest BCUT2D eigenvalue weighted by molar-refractivity contribution is -0.143. The Kier molecular flexibility index (Phi) is 78.8. The van der Waals surface area contributed by atoms with Crippen LogP contribution in [0.4, 0.5) is 0 Å². The molecule has 0 fully saturated rings. The topological polar surface area (TPSA) is 95.9 Å². The maximum absolute atomic E-state index is 12.5. The molecule has 0 aromatic carbocycles. The first-order chi connectivity index (χ1) is 45.0. The van der Waals surface area contributed by atoms with E-state index in [0.717, 1.165) is 44.9 Å². The van der Waals surface area contributed by atoms with Gasteiger partial charge in [-0.25, -0.2) is 0 Å². The molecule has 0 rings (SSSR count). The molecule has 0 spiro atoms. The highest BCUT2D eigenvalue weighted by Crippen LogP contribution is 2.20. The maximum Gasteiger partial charge on any atom is 0.305 e. The van der Waals surface area contributed by atoms with Crippen molar-refractivity contribution in [2.75, 3.05) is 13.2 Å². The molecule has 0 saturated heterocycles. The molecule has 538 valence electrons. The van der Waals surface area contributed by atoms with Crippen molar-refractivity contribution < 1.29 is 24.5 Å². The maximum atomic E-state index is 12.5. The monoisotopic (exact) mass is 1280 g/mol.